The van der Waals surface area contributed by atoms with E-state index in [1.54, 1.807) is 0 Å². The van der Waals surface area contributed by atoms with E-state index in [-0.39, 0.29) is 0 Å². The van der Waals surface area contributed by atoms with Crippen molar-refractivity contribution in [1.29, 1.82) is 0 Å². The quantitative estimate of drug-likeness (QED) is 0.904. The summed E-state index contributed by atoms with van der Waals surface area (Å²) >= 11 is 1.97. The largest absolute Gasteiger partial charge is 0.307 e. The smallest absolute Gasteiger partial charge is 0.0640 e. The summed E-state index contributed by atoms with van der Waals surface area (Å²) in [5.41, 5.74) is 3.72. The Morgan fingerprint density at radius 2 is 2.30 bits per heavy atom. The zero-order valence-corrected chi connectivity index (χ0v) is 12.8. The van der Waals surface area contributed by atoms with Gasteiger partial charge in [0.1, 0.15) is 0 Å². The van der Waals surface area contributed by atoms with E-state index >= 15 is 0 Å². The first-order chi connectivity index (χ1) is 9.72. The van der Waals surface area contributed by atoms with Gasteiger partial charge in [0.05, 0.1) is 5.69 Å². The second-order valence-corrected chi connectivity index (χ2v) is 6.68. The molecule has 0 saturated heterocycles. The Morgan fingerprint density at radius 1 is 1.45 bits per heavy atom. The highest BCUT2D eigenvalue weighted by Crippen LogP contribution is 2.36. The fourth-order valence-electron chi connectivity index (χ4n) is 2.81. The Morgan fingerprint density at radius 3 is 3.10 bits per heavy atom. The number of aromatic amines is 1. The summed E-state index contributed by atoms with van der Waals surface area (Å²) in [5.74, 6) is 1.20. The molecule has 2 N–H and O–H groups in total. The van der Waals surface area contributed by atoms with Crippen molar-refractivity contribution in [1.82, 2.24) is 15.5 Å². The van der Waals surface area contributed by atoms with Crippen LogP contribution in [0.2, 0.25) is 0 Å². The standard InChI is InChI=1S/C16H21N3S/c1-11(9-13-10-12(2)18-19-13)17-15-7-8-20-16-6-4-3-5-14(15)16/h3-6,10-11,15,17H,7-9H2,1-2H3,(H,18,19)/t11-,15-/m0/s1. The number of nitrogens with one attached hydrogen (secondary N) is 2. The number of aryl methyl sites for hydroxylation is 1. The molecule has 1 aromatic heterocycles. The molecule has 0 aliphatic carbocycles. The first-order valence-electron chi connectivity index (χ1n) is 7.21. The lowest BCUT2D eigenvalue weighted by molar-refractivity contribution is 0.435. The van der Waals surface area contributed by atoms with Gasteiger partial charge in [-0.2, -0.15) is 5.10 Å². The third-order valence-electron chi connectivity index (χ3n) is 3.72. The number of fused-ring (bicyclic) bond motifs is 1. The highest BCUT2D eigenvalue weighted by Gasteiger charge is 2.21. The van der Waals surface area contributed by atoms with Crippen molar-refractivity contribution in [2.45, 2.75) is 43.7 Å². The van der Waals surface area contributed by atoms with Crippen molar-refractivity contribution >= 4 is 11.8 Å². The van der Waals surface area contributed by atoms with Gasteiger partial charge in [0, 0.05) is 29.1 Å². The molecular weight excluding hydrogens is 266 g/mol. The monoisotopic (exact) mass is 287 g/mol. The second-order valence-electron chi connectivity index (χ2n) is 5.54. The number of benzene rings is 1. The molecule has 3 rings (SSSR count). The summed E-state index contributed by atoms with van der Waals surface area (Å²) < 4.78 is 0. The SMILES string of the molecule is Cc1cc(C[C@H](C)N[C@H]2CCSc3ccccc32)n[nH]1. The van der Waals surface area contributed by atoms with Crippen molar-refractivity contribution in [3.8, 4) is 0 Å². The Balaban J connectivity index is 1.66. The number of rotatable bonds is 4. The van der Waals surface area contributed by atoms with Gasteiger partial charge in [-0.15, -0.1) is 11.8 Å². The molecule has 1 aromatic carbocycles. The number of thioether (sulfide) groups is 1. The molecule has 4 heteroatoms. The summed E-state index contributed by atoms with van der Waals surface area (Å²) in [6.07, 6.45) is 2.17. The lowest BCUT2D eigenvalue weighted by atomic mass is 10.0. The van der Waals surface area contributed by atoms with Crippen molar-refractivity contribution in [2.24, 2.45) is 0 Å². The van der Waals surface area contributed by atoms with Crippen molar-refractivity contribution in [2.75, 3.05) is 5.75 Å². The molecule has 0 saturated carbocycles. The van der Waals surface area contributed by atoms with E-state index in [2.05, 4.69) is 52.8 Å². The highest BCUT2D eigenvalue weighted by molar-refractivity contribution is 7.99. The van der Waals surface area contributed by atoms with Crippen LogP contribution in [0, 0.1) is 6.92 Å². The molecule has 0 amide bonds. The lowest BCUT2D eigenvalue weighted by Crippen LogP contribution is -2.34. The maximum atomic E-state index is 4.32. The van der Waals surface area contributed by atoms with E-state index in [9.17, 15) is 0 Å². The van der Waals surface area contributed by atoms with Gasteiger partial charge in [-0.1, -0.05) is 18.2 Å². The van der Waals surface area contributed by atoms with Crippen LogP contribution in [0.4, 0.5) is 0 Å². The molecule has 3 nitrogen and oxygen atoms in total. The van der Waals surface area contributed by atoms with Crippen LogP contribution in [0.15, 0.2) is 35.2 Å². The van der Waals surface area contributed by atoms with Gasteiger partial charge in [0.2, 0.25) is 0 Å². The molecule has 1 aliphatic heterocycles. The number of hydrogen-bond acceptors (Lipinski definition) is 3. The van der Waals surface area contributed by atoms with E-state index in [0.29, 0.717) is 12.1 Å². The van der Waals surface area contributed by atoms with Gasteiger partial charge in [-0.25, -0.2) is 0 Å². The second kappa shape index (κ2) is 6.02. The Hall–Kier alpha value is -1.26. The zero-order valence-electron chi connectivity index (χ0n) is 12.0. The van der Waals surface area contributed by atoms with Gasteiger partial charge in [0.25, 0.3) is 0 Å². The van der Waals surface area contributed by atoms with E-state index in [1.165, 1.54) is 22.6 Å². The van der Waals surface area contributed by atoms with Crippen LogP contribution in [0.3, 0.4) is 0 Å². The van der Waals surface area contributed by atoms with Gasteiger partial charge in [-0.05, 0) is 43.7 Å². The number of H-pyrrole nitrogens is 1. The normalized spacial score (nSPS) is 19.6. The summed E-state index contributed by atoms with van der Waals surface area (Å²) in [6.45, 7) is 4.29. The molecular formula is C16H21N3S. The maximum Gasteiger partial charge on any atom is 0.0640 e. The zero-order chi connectivity index (χ0) is 13.9. The minimum absolute atomic E-state index is 0.429. The van der Waals surface area contributed by atoms with Crippen LogP contribution in [-0.2, 0) is 6.42 Å². The van der Waals surface area contributed by atoms with E-state index < -0.39 is 0 Å². The van der Waals surface area contributed by atoms with Crippen LogP contribution < -0.4 is 5.32 Å². The number of nitrogens with zero attached hydrogens (tertiary/aromatic N) is 1. The van der Waals surface area contributed by atoms with Crippen LogP contribution in [-0.4, -0.2) is 22.0 Å². The molecule has 20 heavy (non-hydrogen) atoms. The maximum absolute atomic E-state index is 4.32. The lowest BCUT2D eigenvalue weighted by Gasteiger charge is -2.28. The minimum Gasteiger partial charge on any atom is -0.307 e. The van der Waals surface area contributed by atoms with Gasteiger partial charge >= 0.3 is 0 Å². The molecule has 1 aliphatic rings. The topological polar surface area (TPSA) is 40.7 Å². The molecule has 0 spiro atoms. The molecule has 0 bridgehead atoms. The van der Waals surface area contributed by atoms with Gasteiger partial charge < -0.3 is 5.32 Å². The van der Waals surface area contributed by atoms with Crippen LogP contribution >= 0.6 is 11.8 Å². The van der Waals surface area contributed by atoms with E-state index in [4.69, 9.17) is 0 Å². The van der Waals surface area contributed by atoms with E-state index in [0.717, 1.165) is 17.8 Å². The fraction of sp³-hybridized carbons (Fsp3) is 0.438. The molecule has 106 valence electrons. The third-order valence-corrected chi connectivity index (χ3v) is 4.84. The first kappa shape index (κ1) is 13.7. The molecule has 2 atom stereocenters. The fourth-order valence-corrected chi connectivity index (χ4v) is 3.94. The summed E-state index contributed by atoms with van der Waals surface area (Å²) in [6, 6.07) is 11.8. The van der Waals surface area contributed by atoms with Gasteiger partial charge in [0.15, 0.2) is 0 Å². The molecule has 0 unspecified atom stereocenters. The van der Waals surface area contributed by atoms with Crippen LogP contribution in [0.1, 0.15) is 36.3 Å². The summed E-state index contributed by atoms with van der Waals surface area (Å²) in [7, 11) is 0. The Labute approximate surface area is 124 Å². The van der Waals surface area contributed by atoms with Crippen LogP contribution in [0.25, 0.3) is 0 Å². The molecule has 0 fully saturated rings. The minimum atomic E-state index is 0.429. The molecule has 2 aromatic rings. The Kier molecular flexibility index (Phi) is 4.13. The van der Waals surface area contributed by atoms with Gasteiger partial charge in [-0.3, -0.25) is 5.10 Å². The molecule has 2 heterocycles. The predicted octanol–water partition coefficient (Wildman–Crippen LogP) is 3.48. The summed E-state index contributed by atoms with van der Waals surface area (Å²) in [4.78, 5) is 1.43. The Bertz CT molecular complexity index is 579. The highest BCUT2D eigenvalue weighted by atomic mass is 32.2. The number of aromatic nitrogens is 2. The van der Waals surface area contributed by atoms with Crippen molar-refractivity contribution in [3.05, 3.63) is 47.3 Å². The van der Waals surface area contributed by atoms with Crippen LogP contribution in [0.5, 0.6) is 0 Å². The average Bonchev–Trinajstić information content (AvgIpc) is 2.84. The average molecular weight is 287 g/mol. The van der Waals surface area contributed by atoms with E-state index in [1.807, 2.05) is 18.7 Å². The third kappa shape index (κ3) is 3.07. The first-order valence-corrected chi connectivity index (χ1v) is 8.19. The summed E-state index contributed by atoms with van der Waals surface area (Å²) in [5, 5.41) is 11.1. The molecule has 0 radical (unpaired) electrons. The van der Waals surface area contributed by atoms with Crippen molar-refractivity contribution < 1.29 is 0 Å². The predicted molar refractivity (Wildman–Crippen MR) is 84.2 cm³/mol. The van der Waals surface area contributed by atoms with Crippen molar-refractivity contribution in [3.63, 3.8) is 0 Å². The number of hydrogen-bond donors (Lipinski definition) is 2.